The van der Waals surface area contributed by atoms with E-state index in [1.165, 1.54) is 13.1 Å². The molecule has 1 aromatic heterocycles. The van der Waals surface area contributed by atoms with Gasteiger partial charge in [0.15, 0.2) is 0 Å². The smallest absolute Gasteiger partial charge is 0.278 e. The lowest BCUT2D eigenvalue weighted by molar-refractivity contribution is -0.143. The molecule has 2 heterocycles. The number of anilines is 2. The zero-order valence-electron chi connectivity index (χ0n) is 11.6. The Balaban J connectivity index is 1.86. The number of hydrogen-bond acceptors (Lipinski definition) is 4. The summed E-state index contributed by atoms with van der Waals surface area (Å²) < 4.78 is 7.17. The first-order valence-electron chi connectivity index (χ1n) is 6.38. The first-order chi connectivity index (χ1) is 9.99. The summed E-state index contributed by atoms with van der Waals surface area (Å²) in [6.07, 6.45) is 3.13. The number of benzene rings is 1. The van der Waals surface area contributed by atoms with E-state index in [0.29, 0.717) is 17.1 Å². The van der Waals surface area contributed by atoms with Crippen molar-refractivity contribution < 1.29 is 14.3 Å². The maximum atomic E-state index is 12.4. The lowest BCUT2D eigenvalue weighted by Gasteiger charge is -2.33. The standard InChI is InChI=1S/C14H14N4O3/c1-14(12(19)16-9-7-15-18(2)8-9)13(20)17-10-5-3-4-6-11(10)21-14/h3-8H,1-2H3,(H,16,19)(H,17,20)/t14-/m0/s1. The van der Waals surface area contributed by atoms with E-state index in [1.54, 1.807) is 42.2 Å². The SMILES string of the molecule is Cn1cc(NC(=O)[C@]2(C)Oc3ccccc3NC2=O)cn1. The summed E-state index contributed by atoms with van der Waals surface area (Å²) in [5.41, 5.74) is -0.586. The van der Waals surface area contributed by atoms with Crippen LogP contribution in [0.1, 0.15) is 6.92 Å². The molecule has 0 spiro atoms. The average molecular weight is 286 g/mol. The monoisotopic (exact) mass is 286 g/mol. The Bertz CT molecular complexity index is 725. The van der Waals surface area contributed by atoms with Gasteiger partial charge in [0.1, 0.15) is 5.75 Å². The fourth-order valence-corrected chi connectivity index (χ4v) is 2.05. The van der Waals surface area contributed by atoms with Gasteiger partial charge in [-0.15, -0.1) is 0 Å². The van der Waals surface area contributed by atoms with Gasteiger partial charge in [-0.05, 0) is 19.1 Å². The molecule has 1 aromatic carbocycles. The third-order valence-corrected chi connectivity index (χ3v) is 3.28. The maximum absolute atomic E-state index is 12.4. The van der Waals surface area contributed by atoms with Crippen LogP contribution in [0.5, 0.6) is 5.75 Å². The van der Waals surface area contributed by atoms with Gasteiger partial charge in [0.05, 0.1) is 17.6 Å². The van der Waals surface area contributed by atoms with Gasteiger partial charge in [-0.1, -0.05) is 12.1 Å². The summed E-state index contributed by atoms with van der Waals surface area (Å²) in [5.74, 6) is -0.606. The van der Waals surface area contributed by atoms with E-state index in [9.17, 15) is 9.59 Å². The highest BCUT2D eigenvalue weighted by Gasteiger charge is 2.47. The van der Waals surface area contributed by atoms with Gasteiger partial charge in [0.2, 0.25) is 0 Å². The van der Waals surface area contributed by atoms with Crippen molar-refractivity contribution in [3.8, 4) is 5.75 Å². The van der Waals surface area contributed by atoms with Crippen LogP contribution < -0.4 is 15.4 Å². The average Bonchev–Trinajstić information content (AvgIpc) is 2.85. The summed E-state index contributed by atoms with van der Waals surface area (Å²) in [7, 11) is 1.73. The topological polar surface area (TPSA) is 85.3 Å². The van der Waals surface area contributed by atoms with Crippen LogP contribution in [-0.4, -0.2) is 27.2 Å². The molecule has 21 heavy (non-hydrogen) atoms. The fraction of sp³-hybridized carbons (Fsp3) is 0.214. The van der Waals surface area contributed by atoms with Crippen LogP contribution in [0, 0.1) is 0 Å². The molecule has 7 nitrogen and oxygen atoms in total. The largest absolute Gasteiger partial charge is 0.466 e. The van der Waals surface area contributed by atoms with E-state index in [1.807, 2.05) is 0 Å². The number of aromatic nitrogens is 2. The zero-order valence-corrected chi connectivity index (χ0v) is 11.6. The number of aryl methyl sites for hydroxylation is 1. The van der Waals surface area contributed by atoms with Crippen molar-refractivity contribution in [2.24, 2.45) is 7.05 Å². The van der Waals surface area contributed by atoms with E-state index < -0.39 is 17.4 Å². The molecule has 0 aliphatic carbocycles. The molecule has 1 aliphatic rings. The van der Waals surface area contributed by atoms with Crippen LogP contribution in [0.2, 0.25) is 0 Å². The molecule has 0 unspecified atom stereocenters. The van der Waals surface area contributed by atoms with Gasteiger partial charge in [0, 0.05) is 13.2 Å². The van der Waals surface area contributed by atoms with Gasteiger partial charge in [0.25, 0.3) is 17.4 Å². The van der Waals surface area contributed by atoms with Crippen molar-refractivity contribution >= 4 is 23.2 Å². The molecule has 2 aromatic rings. The number of carbonyl (C=O) groups is 2. The molecule has 2 N–H and O–H groups in total. The Morgan fingerprint density at radius 2 is 2.19 bits per heavy atom. The van der Waals surface area contributed by atoms with Crippen LogP contribution >= 0.6 is 0 Å². The molecule has 108 valence electrons. The van der Waals surface area contributed by atoms with E-state index >= 15 is 0 Å². The predicted octanol–water partition coefficient (Wildman–Crippen LogP) is 1.15. The molecular formula is C14H14N4O3. The predicted molar refractivity (Wildman–Crippen MR) is 75.9 cm³/mol. The van der Waals surface area contributed by atoms with Crippen molar-refractivity contribution in [3.63, 3.8) is 0 Å². The van der Waals surface area contributed by atoms with Crippen molar-refractivity contribution in [2.75, 3.05) is 10.6 Å². The second kappa shape index (κ2) is 4.62. The van der Waals surface area contributed by atoms with Crippen LogP contribution in [0.15, 0.2) is 36.7 Å². The van der Waals surface area contributed by atoms with Crippen molar-refractivity contribution in [3.05, 3.63) is 36.7 Å². The summed E-state index contributed by atoms with van der Waals surface area (Å²) in [4.78, 5) is 24.6. The number of rotatable bonds is 2. The molecular weight excluding hydrogens is 272 g/mol. The minimum Gasteiger partial charge on any atom is -0.466 e. The van der Waals surface area contributed by atoms with Crippen molar-refractivity contribution in [1.82, 2.24) is 9.78 Å². The van der Waals surface area contributed by atoms with Gasteiger partial charge in [-0.3, -0.25) is 14.3 Å². The molecule has 1 aliphatic heterocycles. The summed E-state index contributed by atoms with van der Waals surface area (Å²) in [6.45, 7) is 1.43. The minimum atomic E-state index is -1.63. The molecule has 2 amide bonds. The third-order valence-electron chi connectivity index (χ3n) is 3.28. The first kappa shape index (κ1) is 13.2. The molecule has 3 rings (SSSR count). The summed E-state index contributed by atoms with van der Waals surface area (Å²) in [6, 6.07) is 6.97. The molecule has 0 fully saturated rings. The second-order valence-corrected chi connectivity index (χ2v) is 4.94. The number of fused-ring (bicyclic) bond motifs is 1. The Morgan fingerprint density at radius 1 is 1.43 bits per heavy atom. The fourth-order valence-electron chi connectivity index (χ4n) is 2.05. The van der Waals surface area contributed by atoms with E-state index in [2.05, 4.69) is 15.7 Å². The zero-order chi connectivity index (χ0) is 15.0. The van der Waals surface area contributed by atoms with Gasteiger partial charge in [-0.2, -0.15) is 5.10 Å². The molecule has 1 atom stereocenters. The Hall–Kier alpha value is -2.83. The normalized spacial score (nSPS) is 20.2. The number of para-hydroxylation sites is 2. The van der Waals surface area contributed by atoms with Gasteiger partial charge < -0.3 is 15.4 Å². The number of carbonyl (C=O) groups excluding carboxylic acids is 2. The van der Waals surface area contributed by atoms with Gasteiger partial charge >= 0.3 is 0 Å². The van der Waals surface area contributed by atoms with Crippen LogP contribution in [0.3, 0.4) is 0 Å². The Labute approximate surface area is 120 Å². The Kier molecular flexibility index (Phi) is 2.90. The molecule has 7 heteroatoms. The molecule has 0 bridgehead atoms. The quantitative estimate of drug-likeness (QED) is 0.811. The number of nitrogens with zero attached hydrogens (tertiary/aromatic N) is 2. The van der Waals surface area contributed by atoms with Crippen LogP contribution in [0.4, 0.5) is 11.4 Å². The maximum Gasteiger partial charge on any atom is 0.278 e. The van der Waals surface area contributed by atoms with E-state index in [0.717, 1.165) is 0 Å². The highest BCUT2D eigenvalue weighted by Crippen LogP contribution is 2.33. The number of amides is 2. The number of hydrogen-bond donors (Lipinski definition) is 2. The number of nitrogens with one attached hydrogen (secondary N) is 2. The van der Waals surface area contributed by atoms with Crippen LogP contribution in [-0.2, 0) is 16.6 Å². The Morgan fingerprint density at radius 3 is 2.90 bits per heavy atom. The van der Waals surface area contributed by atoms with Crippen LogP contribution in [0.25, 0.3) is 0 Å². The molecule has 0 saturated carbocycles. The third kappa shape index (κ3) is 2.22. The minimum absolute atomic E-state index is 0.459. The summed E-state index contributed by atoms with van der Waals surface area (Å²) in [5, 5.41) is 9.26. The molecule has 0 saturated heterocycles. The lowest BCUT2D eigenvalue weighted by atomic mass is 10.0. The van der Waals surface area contributed by atoms with E-state index in [4.69, 9.17) is 4.74 Å². The first-order valence-corrected chi connectivity index (χ1v) is 6.38. The highest BCUT2D eigenvalue weighted by atomic mass is 16.5. The van der Waals surface area contributed by atoms with Gasteiger partial charge in [-0.25, -0.2) is 0 Å². The lowest BCUT2D eigenvalue weighted by Crippen LogP contribution is -2.56. The summed E-state index contributed by atoms with van der Waals surface area (Å²) >= 11 is 0. The van der Waals surface area contributed by atoms with Crippen molar-refractivity contribution in [1.29, 1.82) is 0 Å². The van der Waals surface area contributed by atoms with Crippen molar-refractivity contribution in [2.45, 2.75) is 12.5 Å². The number of ether oxygens (including phenoxy) is 1. The molecule has 0 radical (unpaired) electrons. The second-order valence-electron chi connectivity index (χ2n) is 4.94. The highest BCUT2D eigenvalue weighted by molar-refractivity contribution is 6.18. The van der Waals surface area contributed by atoms with E-state index in [-0.39, 0.29) is 0 Å².